The molecule has 2 rings (SSSR count). The third kappa shape index (κ3) is 2.18. The number of hydrogen-bond acceptors (Lipinski definition) is 3. The molecule has 0 saturated heterocycles. The van der Waals surface area contributed by atoms with Gasteiger partial charge in [0, 0.05) is 12.2 Å². The molecular formula is C13H21N5. The molecule has 1 N–H and O–H groups in total. The van der Waals surface area contributed by atoms with Crippen molar-refractivity contribution in [3.05, 3.63) is 30.6 Å². The SMILES string of the molecule is CNC(C)(C)c1cncn1-c1cnn(C(C)C)c1. The van der Waals surface area contributed by atoms with Crippen molar-refractivity contribution in [1.29, 1.82) is 0 Å². The van der Waals surface area contributed by atoms with E-state index in [-0.39, 0.29) is 5.54 Å². The highest BCUT2D eigenvalue weighted by molar-refractivity contribution is 5.31. The van der Waals surface area contributed by atoms with Crippen LogP contribution in [-0.2, 0) is 5.54 Å². The Hall–Kier alpha value is -1.62. The number of nitrogens with zero attached hydrogens (tertiary/aromatic N) is 4. The Kier molecular flexibility index (Phi) is 3.26. The van der Waals surface area contributed by atoms with Gasteiger partial charge in [-0.3, -0.25) is 9.25 Å². The van der Waals surface area contributed by atoms with Crippen molar-refractivity contribution in [3.63, 3.8) is 0 Å². The minimum absolute atomic E-state index is 0.129. The van der Waals surface area contributed by atoms with Crippen molar-refractivity contribution >= 4 is 0 Å². The van der Waals surface area contributed by atoms with E-state index in [0.717, 1.165) is 11.4 Å². The first-order valence-electron chi connectivity index (χ1n) is 6.22. The maximum atomic E-state index is 4.37. The molecule has 18 heavy (non-hydrogen) atoms. The van der Waals surface area contributed by atoms with E-state index in [9.17, 15) is 0 Å². The molecule has 0 radical (unpaired) electrons. The molecule has 0 bridgehead atoms. The second-order valence-corrected chi connectivity index (χ2v) is 5.30. The highest BCUT2D eigenvalue weighted by Crippen LogP contribution is 2.22. The molecule has 98 valence electrons. The zero-order chi connectivity index (χ0) is 13.3. The minimum Gasteiger partial charge on any atom is -0.310 e. The van der Waals surface area contributed by atoms with E-state index in [1.165, 1.54) is 0 Å². The third-order valence-corrected chi connectivity index (χ3v) is 3.30. The van der Waals surface area contributed by atoms with Crippen molar-refractivity contribution < 1.29 is 0 Å². The van der Waals surface area contributed by atoms with E-state index >= 15 is 0 Å². The molecule has 0 spiro atoms. The normalized spacial score (nSPS) is 12.3. The molecule has 0 aliphatic rings. The average molecular weight is 247 g/mol. The first kappa shape index (κ1) is 12.8. The van der Waals surface area contributed by atoms with Crippen LogP contribution < -0.4 is 5.32 Å². The summed E-state index contributed by atoms with van der Waals surface area (Å²) in [6, 6.07) is 0.364. The number of imidazole rings is 1. The summed E-state index contributed by atoms with van der Waals surface area (Å²) in [5.41, 5.74) is 2.03. The Morgan fingerprint density at radius 1 is 1.28 bits per heavy atom. The first-order valence-corrected chi connectivity index (χ1v) is 6.22. The van der Waals surface area contributed by atoms with E-state index < -0.39 is 0 Å². The molecule has 0 saturated carbocycles. The fraction of sp³-hybridized carbons (Fsp3) is 0.538. The van der Waals surface area contributed by atoms with Gasteiger partial charge in [-0.15, -0.1) is 0 Å². The van der Waals surface area contributed by atoms with Crippen molar-refractivity contribution in [2.45, 2.75) is 39.3 Å². The fourth-order valence-corrected chi connectivity index (χ4v) is 1.83. The average Bonchev–Trinajstić information content (AvgIpc) is 2.97. The molecule has 0 aliphatic carbocycles. The highest BCUT2D eigenvalue weighted by Gasteiger charge is 2.23. The monoisotopic (exact) mass is 247 g/mol. The Morgan fingerprint density at radius 2 is 2.00 bits per heavy atom. The van der Waals surface area contributed by atoms with Crippen molar-refractivity contribution in [1.82, 2.24) is 24.6 Å². The third-order valence-electron chi connectivity index (χ3n) is 3.30. The molecule has 0 unspecified atom stereocenters. The van der Waals surface area contributed by atoms with Crippen molar-refractivity contribution in [2.75, 3.05) is 7.05 Å². The molecule has 0 atom stereocenters. The summed E-state index contributed by atoms with van der Waals surface area (Å²) in [4.78, 5) is 4.25. The maximum absolute atomic E-state index is 4.37. The van der Waals surface area contributed by atoms with Crippen LogP contribution in [0, 0.1) is 0 Å². The molecule has 2 aromatic heterocycles. The van der Waals surface area contributed by atoms with Crippen LogP contribution in [0.15, 0.2) is 24.9 Å². The molecule has 0 aliphatic heterocycles. The molecular weight excluding hydrogens is 226 g/mol. The maximum Gasteiger partial charge on any atom is 0.0995 e. The van der Waals surface area contributed by atoms with Crippen LogP contribution in [0.25, 0.3) is 5.69 Å². The van der Waals surface area contributed by atoms with Crippen LogP contribution >= 0.6 is 0 Å². The van der Waals surface area contributed by atoms with Crippen molar-refractivity contribution in [3.8, 4) is 5.69 Å². The van der Waals surface area contributed by atoms with Crippen LogP contribution in [0.4, 0.5) is 0 Å². The smallest absolute Gasteiger partial charge is 0.0995 e. The standard InChI is InChI=1S/C13H21N5/c1-10(2)18-8-11(6-16-18)17-9-15-7-12(17)13(3,4)14-5/h6-10,14H,1-5H3. The second-order valence-electron chi connectivity index (χ2n) is 5.30. The fourth-order valence-electron chi connectivity index (χ4n) is 1.83. The van der Waals surface area contributed by atoms with Gasteiger partial charge < -0.3 is 5.32 Å². The van der Waals surface area contributed by atoms with E-state index in [0.29, 0.717) is 6.04 Å². The van der Waals surface area contributed by atoms with Gasteiger partial charge in [-0.2, -0.15) is 5.10 Å². The van der Waals surface area contributed by atoms with Crippen LogP contribution in [-0.4, -0.2) is 26.4 Å². The zero-order valence-electron chi connectivity index (χ0n) is 11.7. The quantitative estimate of drug-likeness (QED) is 0.900. The summed E-state index contributed by atoms with van der Waals surface area (Å²) >= 11 is 0. The van der Waals surface area contributed by atoms with Crippen LogP contribution in [0.3, 0.4) is 0 Å². The van der Waals surface area contributed by atoms with E-state index in [1.54, 1.807) is 0 Å². The van der Waals surface area contributed by atoms with E-state index in [1.807, 2.05) is 36.6 Å². The minimum atomic E-state index is -0.129. The van der Waals surface area contributed by atoms with Gasteiger partial charge in [0.1, 0.15) is 0 Å². The van der Waals surface area contributed by atoms with Gasteiger partial charge in [-0.25, -0.2) is 4.98 Å². The predicted molar refractivity (Wildman–Crippen MR) is 71.8 cm³/mol. The van der Waals surface area contributed by atoms with Crippen molar-refractivity contribution in [2.24, 2.45) is 0 Å². The predicted octanol–water partition coefficient (Wildman–Crippen LogP) is 2.10. The van der Waals surface area contributed by atoms with Gasteiger partial charge in [0.2, 0.25) is 0 Å². The van der Waals surface area contributed by atoms with Gasteiger partial charge in [0.25, 0.3) is 0 Å². The first-order chi connectivity index (χ1) is 8.45. The Balaban J connectivity index is 2.42. The molecule has 2 heterocycles. The lowest BCUT2D eigenvalue weighted by molar-refractivity contribution is 0.424. The van der Waals surface area contributed by atoms with Gasteiger partial charge >= 0.3 is 0 Å². The highest BCUT2D eigenvalue weighted by atomic mass is 15.3. The Bertz CT molecular complexity index is 521. The largest absolute Gasteiger partial charge is 0.310 e. The van der Waals surface area contributed by atoms with Crippen LogP contribution in [0.1, 0.15) is 39.4 Å². The Morgan fingerprint density at radius 3 is 2.56 bits per heavy atom. The van der Waals surface area contributed by atoms with E-state index in [2.05, 4.69) is 47.7 Å². The lowest BCUT2D eigenvalue weighted by atomic mass is 10.0. The topological polar surface area (TPSA) is 47.7 Å². The summed E-state index contributed by atoms with van der Waals surface area (Å²) in [5.74, 6) is 0. The molecule has 2 aromatic rings. The molecule has 0 amide bonds. The van der Waals surface area contributed by atoms with Crippen LogP contribution in [0.5, 0.6) is 0 Å². The second kappa shape index (κ2) is 4.57. The zero-order valence-corrected chi connectivity index (χ0v) is 11.7. The summed E-state index contributed by atoms with van der Waals surface area (Å²) < 4.78 is 4.02. The van der Waals surface area contributed by atoms with Gasteiger partial charge in [-0.05, 0) is 34.7 Å². The summed E-state index contributed by atoms with van der Waals surface area (Å²) in [6.07, 6.45) is 7.64. The summed E-state index contributed by atoms with van der Waals surface area (Å²) in [7, 11) is 1.95. The number of aromatic nitrogens is 4. The van der Waals surface area contributed by atoms with Crippen LogP contribution in [0.2, 0.25) is 0 Å². The molecule has 5 heteroatoms. The van der Waals surface area contributed by atoms with Gasteiger partial charge in [-0.1, -0.05) is 0 Å². The molecule has 0 aromatic carbocycles. The number of hydrogen-bond donors (Lipinski definition) is 1. The summed E-state index contributed by atoms with van der Waals surface area (Å²) in [6.45, 7) is 8.49. The summed E-state index contributed by atoms with van der Waals surface area (Å²) in [5, 5.41) is 7.66. The molecule has 5 nitrogen and oxygen atoms in total. The lowest BCUT2D eigenvalue weighted by Crippen LogP contribution is -2.35. The lowest BCUT2D eigenvalue weighted by Gasteiger charge is -2.24. The molecule has 0 fully saturated rings. The Labute approximate surface area is 108 Å². The van der Waals surface area contributed by atoms with Gasteiger partial charge in [0.15, 0.2) is 0 Å². The number of nitrogens with one attached hydrogen (secondary N) is 1. The van der Waals surface area contributed by atoms with Gasteiger partial charge in [0.05, 0.1) is 35.6 Å². The number of rotatable bonds is 4. The van der Waals surface area contributed by atoms with E-state index in [4.69, 9.17) is 0 Å².